The van der Waals surface area contributed by atoms with Crippen LogP contribution in [0.4, 0.5) is 4.39 Å². The van der Waals surface area contributed by atoms with Crippen molar-refractivity contribution in [1.82, 2.24) is 5.32 Å². The minimum absolute atomic E-state index is 0.127. The van der Waals surface area contributed by atoms with E-state index in [-0.39, 0.29) is 23.7 Å². The second-order valence-corrected chi connectivity index (χ2v) is 5.99. The predicted molar refractivity (Wildman–Crippen MR) is 95.6 cm³/mol. The second kappa shape index (κ2) is 8.99. The second-order valence-electron chi connectivity index (χ2n) is 5.99. The Bertz CT molecular complexity index is 743. The summed E-state index contributed by atoms with van der Waals surface area (Å²) in [6.07, 6.45) is 0.603. The molecule has 2 unspecified atom stereocenters. The van der Waals surface area contributed by atoms with Gasteiger partial charge in [-0.2, -0.15) is 0 Å². The maximum Gasteiger partial charge on any atom is 0.341 e. The molecule has 0 aliphatic heterocycles. The van der Waals surface area contributed by atoms with Gasteiger partial charge in [0.2, 0.25) is 5.91 Å². The molecule has 6 heteroatoms. The number of rotatable bonds is 8. The van der Waals surface area contributed by atoms with Gasteiger partial charge in [-0.3, -0.25) is 4.79 Å². The quantitative estimate of drug-likeness (QED) is 0.754. The summed E-state index contributed by atoms with van der Waals surface area (Å²) < 4.78 is 18.2. The highest BCUT2D eigenvalue weighted by Crippen LogP contribution is 2.23. The molecule has 2 N–H and O–H groups in total. The van der Waals surface area contributed by atoms with Crippen LogP contribution < -0.4 is 10.1 Å². The molecule has 1 amide bonds. The van der Waals surface area contributed by atoms with Crippen LogP contribution in [-0.4, -0.2) is 23.6 Å². The Labute approximate surface area is 151 Å². The van der Waals surface area contributed by atoms with Crippen molar-refractivity contribution in [3.05, 3.63) is 65.5 Å². The van der Waals surface area contributed by atoms with E-state index < -0.39 is 12.6 Å². The summed E-state index contributed by atoms with van der Waals surface area (Å²) in [6.45, 7) is 3.37. The Morgan fingerprint density at radius 2 is 1.65 bits per heavy atom. The first-order chi connectivity index (χ1) is 12.4. The third kappa shape index (κ3) is 5.31. The lowest BCUT2D eigenvalue weighted by Gasteiger charge is -2.20. The van der Waals surface area contributed by atoms with Crippen LogP contribution in [0, 0.1) is 5.82 Å². The van der Waals surface area contributed by atoms with E-state index in [0.717, 1.165) is 11.1 Å². The molecule has 0 aromatic heterocycles. The number of carboxylic acids is 1. The Hall–Kier alpha value is -2.89. The lowest BCUT2D eigenvalue weighted by atomic mass is 9.95. The summed E-state index contributed by atoms with van der Waals surface area (Å²) in [6, 6.07) is 12.6. The smallest absolute Gasteiger partial charge is 0.341 e. The van der Waals surface area contributed by atoms with E-state index >= 15 is 0 Å². The molecule has 0 heterocycles. The molecule has 2 aromatic carbocycles. The SMILES string of the molecule is CCC(C(=O)NC(C)c1ccc(OCC(=O)O)cc1)c1ccc(F)cc1. The van der Waals surface area contributed by atoms with E-state index in [4.69, 9.17) is 9.84 Å². The summed E-state index contributed by atoms with van der Waals surface area (Å²) >= 11 is 0. The Morgan fingerprint density at radius 3 is 2.19 bits per heavy atom. The van der Waals surface area contributed by atoms with Crippen LogP contribution in [0.5, 0.6) is 5.75 Å². The molecule has 0 spiro atoms. The summed E-state index contributed by atoms with van der Waals surface area (Å²) in [4.78, 5) is 23.1. The van der Waals surface area contributed by atoms with Gasteiger partial charge in [0.1, 0.15) is 11.6 Å². The minimum atomic E-state index is -1.04. The molecule has 0 bridgehead atoms. The maximum absolute atomic E-state index is 13.1. The van der Waals surface area contributed by atoms with Crippen molar-refractivity contribution in [3.8, 4) is 5.75 Å². The highest BCUT2D eigenvalue weighted by molar-refractivity contribution is 5.84. The predicted octanol–water partition coefficient (Wildman–Crippen LogP) is 3.66. The zero-order valence-corrected chi connectivity index (χ0v) is 14.7. The van der Waals surface area contributed by atoms with Crippen LogP contribution in [-0.2, 0) is 9.59 Å². The van der Waals surface area contributed by atoms with E-state index in [0.29, 0.717) is 12.2 Å². The Balaban J connectivity index is 2.00. The highest BCUT2D eigenvalue weighted by atomic mass is 19.1. The van der Waals surface area contributed by atoms with Gasteiger partial charge < -0.3 is 15.2 Å². The van der Waals surface area contributed by atoms with Crippen LogP contribution >= 0.6 is 0 Å². The van der Waals surface area contributed by atoms with Crippen LogP contribution in [0.3, 0.4) is 0 Å². The number of aliphatic carboxylic acids is 1. The largest absolute Gasteiger partial charge is 0.482 e. The lowest BCUT2D eigenvalue weighted by Crippen LogP contribution is -2.31. The molecule has 0 fully saturated rings. The summed E-state index contributed by atoms with van der Waals surface area (Å²) in [5.41, 5.74) is 1.64. The molecule has 26 heavy (non-hydrogen) atoms. The number of benzene rings is 2. The van der Waals surface area contributed by atoms with Gasteiger partial charge in [0, 0.05) is 0 Å². The normalized spacial score (nSPS) is 12.9. The fraction of sp³-hybridized carbons (Fsp3) is 0.300. The number of carbonyl (C=O) groups is 2. The molecule has 0 aliphatic carbocycles. The topological polar surface area (TPSA) is 75.6 Å². The number of carbonyl (C=O) groups excluding carboxylic acids is 1. The number of ether oxygens (including phenoxy) is 1. The zero-order valence-electron chi connectivity index (χ0n) is 14.7. The molecule has 0 saturated carbocycles. The van der Waals surface area contributed by atoms with Gasteiger partial charge in [0.25, 0.3) is 0 Å². The molecule has 0 radical (unpaired) electrons. The summed E-state index contributed by atoms with van der Waals surface area (Å²) in [7, 11) is 0. The van der Waals surface area contributed by atoms with Gasteiger partial charge in [-0.1, -0.05) is 31.2 Å². The number of nitrogens with one attached hydrogen (secondary N) is 1. The average molecular weight is 359 g/mol. The van der Waals surface area contributed by atoms with Crippen molar-refractivity contribution in [2.45, 2.75) is 32.2 Å². The third-order valence-electron chi connectivity index (χ3n) is 4.10. The lowest BCUT2D eigenvalue weighted by molar-refractivity contribution is -0.139. The van der Waals surface area contributed by atoms with E-state index in [1.54, 1.807) is 36.4 Å². The first-order valence-corrected chi connectivity index (χ1v) is 8.41. The number of halogens is 1. The van der Waals surface area contributed by atoms with Gasteiger partial charge >= 0.3 is 5.97 Å². The highest BCUT2D eigenvalue weighted by Gasteiger charge is 2.20. The molecule has 0 aliphatic rings. The zero-order chi connectivity index (χ0) is 19.1. The molecule has 2 atom stereocenters. The number of carboxylic acid groups (broad SMARTS) is 1. The van der Waals surface area contributed by atoms with Gasteiger partial charge in [-0.05, 0) is 48.7 Å². The van der Waals surface area contributed by atoms with Gasteiger partial charge in [0.05, 0.1) is 12.0 Å². The number of hydrogen-bond acceptors (Lipinski definition) is 3. The molecular weight excluding hydrogens is 337 g/mol. The van der Waals surface area contributed by atoms with E-state index in [1.807, 2.05) is 13.8 Å². The Kier molecular flexibility index (Phi) is 6.72. The van der Waals surface area contributed by atoms with Crippen molar-refractivity contribution >= 4 is 11.9 Å². The van der Waals surface area contributed by atoms with E-state index in [9.17, 15) is 14.0 Å². The fourth-order valence-electron chi connectivity index (χ4n) is 2.66. The van der Waals surface area contributed by atoms with Crippen LogP contribution in [0.1, 0.15) is 43.4 Å². The number of amides is 1. The van der Waals surface area contributed by atoms with Crippen LogP contribution in [0.15, 0.2) is 48.5 Å². The first-order valence-electron chi connectivity index (χ1n) is 8.41. The number of hydrogen-bond donors (Lipinski definition) is 2. The summed E-state index contributed by atoms with van der Waals surface area (Å²) in [5, 5.41) is 11.6. The maximum atomic E-state index is 13.1. The molecule has 0 saturated heterocycles. The first kappa shape index (κ1) is 19.4. The van der Waals surface area contributed by atoms with Crippen molar-refractivity contribution in [2.75, 3.05) is 6.61 Å². The minimum Gasteiger partial charge on any atom is -0.482 e. The van der Waals surface area contributed by atoms with E-state index in [1.165, 1.54) is 12.1 Å². The summed E-state index contributed by atoms with van der Waals surface area (Å²) in [5.74, 6) is -1.40. The van der Waals surface area contributed by atoms with E-state index in [2.05, 4.69) is 5.32 Å². The molecule has 2 rings (SSSR count). The third-order valence-corrected chi connectivity index (χ3v) is 4.10. The standard InChI is InChI=1S/C20H22FNO4/c1-3-18(15-4-8-16(21)9-5-15)20(25)22-13(2)14-6-10-17(11-7-14)26-12-19(23)24/h4-11,13,18H,3,12H2,1-2H3,(H,22,25)(H,23,24). The van der Waals surface area contributed by atoms with Crippen molar-refractivity contribution in [1.29, 1.82) is 0 Å². The molecule has 2 aromatic rings. The van der Waals surface area contributed by atoms with Gasteiger partial charge in [0.15, 0.2) is 6.61 Å². The monoisotopic (exact) mass is 359 g/mol. The van der Waals surface area contributed by atoms with Gasteiger partial charge in [-0.15, -0.1) is 0 Å². The van der Waals surface area contributed by atoms with Crippen LogP contribution in [0.25, 0.3) is 0 Å². The fourth-order valence-corrected chi connectivity index (χ4v) is 2.66. The molecule has 5 nitrogen and oxygen atoms in total. The van der Waals surface area contributed by atoms with Crippen molar-refractivity contribution in [3.63, 3.8) is 0 Å². The molecule has 138 valence electrons. The van der Waals surface area contributed by atoms with Gasteiger partial charge in [-0.25, -0.2) is 9.18 Å². The Morgan fingerprint density at radius 1 is 1.08 bits per heavy atom. The van der Waals surface area contributed by atoms with Crippen molar-refractivity contribution in [2.24, 2.45) is 0 Å². The molecular formula is C20H22FNO4. The van der Waals surface area contributed by atoms with Crippen LogP contribution in [0.2, 0.25) is 0 Å². The van der Waals surface area contributed by atoms with Crippen molar-refractivity contribution < 1.29 is 23.8 Å². The average Bonchev–Trinajstić information content (AvgIpc) is 2.62.